The van der Waals surface area contributed by atoms with Crippen LogP contribution < -0.4 is 0 Å². The van der Waals surface area contributed by atoms with Gasteiger partial charge in [-0.05, 0) is 37.5 Å². The molecule has 2 radical (unpaired) electrons. The predicted octanol–water partition coefficient (Wildman–Crippen LogP) is 8.13. The van der Waals surface area contributed by atoms with Crippen LogP contribution in [0.3, 0.4) is 0 Å². The molecule has 2 saturated carbocycles. The van der Waals surface area contributed by atoms with Crippen molar-refractivity contribution in [3.63, 3.8) is 0 Å². The van der Waals surface area contributed by atoms with Crippen molar-refractivity contribution in [2.75, 3.05) is 0 Å². The van der Waals surface area contributed by atoms with Crippen LogP contribution in [0.5, 0.6) is 0 Å². The Morgan fingerprint density at radius 1 is 0.952 bits per heavy atom. The Balaban J connectivity index is 0.000000322. The minimum atomic E-state index is 0.190. The van der Waals surface area contributed by atoms with Crippen LogP contribution in [0.2, 0.25) is 0 Å². The van der Waals surface area contributed by atoms with Gasteiger partial charge in [0.05, 0.1) is 0 Å². The molecular weight excluding hydrogens is 654 g/mol. The molecule has 0 aliphatic heterocycles. The van der Waals surface area contributed by atoms with Crippen LogP contribution in [0.1, 0.15) is 90.9 Å². The van der Waals surface area contributed by atoms with E-state index < -0.39 is 0 Å². The van der Waals surface area contributed by atoms with E-state index in [0.717, 1.165) is 11.8 Å². The third-order valence-corrected chi connectivity index (χ3v) is 4.48. The van der Waals surface area contributed by atoms with Gasteiger partial charge in [-0.2, -0.15) is 0 Å². The molecular formula is C18H34I2W. The number of rotatable bonds is 6. The second-order valence-electron chi connectivity index (χ2n) is 6.26. The summed E-state index contributed by atoms with van der Waals surface area (Å²) in [6.45, 7) is 4.55. The van der Waals surface area contributed by atoms with Crippen LogP contribution in [-0.2, 0) is 11.2 Å². The Hall–Kier alpha value is 2.15. The molecule has 0 bridgehead atoms. The van der Waals surface area contributed by atoms with Crippen LogP contribution in [-0.4, -0.2) is 0 Å². The maximum atomic E-state index is 2.44. The second-order valence-corrected chi connectivity index (χ2v) is 27.7. The van der Waals surface area contributed by atoms with E-state index in [-0.39, 0.29) is 11.2 Å². The zero-order chi connectivity index (χ0) is 15.8. The van der Waals surface area contributed by atoms with Gasteiger partial charge < -0.3 is 0 Å². The Morgan fingerprint density at radius 2 is 1.52 bits per heavy atom. The first kappa shape index (κ1) is 23.1. The standard InChI is InChI=1S/C9H18.C9H16.2HI.W/c2*1-2-3-6-9-7-4-5-8-9;;;/h9H,2-8H2,1H3;4,7,9H,2-3,5-6,8H2,1H3;2*1H;/q;;;;+2/p-2. The average molecular weight is 688 g/mol. The van der Waals surface area contributed by atoms with Gasteiger partial charge in [0.1, 0.15) is 0 Å². The molecule has 0 amide bonds. The topological polar surface area (TPSA) is 0 Å². The average Bonchev–Trinajstić information content (AvgIpc) is 3.18. The second kappa shape index (κ2) is 18.5. The fourth-order valence-corrected chi connectivity index (χ4v) is 3.19. The number of hydrogen-bond acceptors (Lipinski definition) is 0. The first-order valence-corrected chi connectivity index (χ1v) is 25.5. The van der Waals surface area contributed by atoms with Gasteiger partial charge in [0.15, 0.2) is 0 Å². The summed E-state index contributed by atoms with van der Waals surface area (Å²) < 4.78 is 0. The monoisotopic (exact) mass is 688 g/mol. The van der Waals surface area contributed by atoms with Crippen LogP contribution in [0.4, 0.5) is 0 Å². The van der Waals surface area contributed by atoms with Crippen molar-refractivity contribution >= 4 is 38.7 Å². The quantitative estimate of drug-likeness (QED) is 0.248. The molecule has 21 heavy (non-hydrogen) atoms. The Bertz CT molecular complexity index is 168. The first-order valence-electron chi connectivity index (χ1n) is 8.84. The Kier molecular flexibility index (Phi) is 20.4. The molecule has 2 aliphatic carbocycles. The van der Waals surface area contributed by atoms with Gasteiger partial charge in [0.2, 0.25) is 0 Å². The van der Waals surface area contributed by atoms with Gasteiger partial charge >= 0.3 is 49.9 Å². The summed E-state index contributed by atoms with van der Waals surface area (Å²) in [6, 6.07) is 0. The Morgan fingerprint density at radius 3 is 2.00 bits per heavy atom. The van der Waals surface area contributed by atoms with Crippen LogP contribution in [0, 0.1) is 24.7 Å². The van der Waals surface area contributed by atoms with Crippen LogP contribution in [0.25, 0.3) is 0 Å². The molecule has 126 valence electrons. The van der Waals surface area contributed by atoms with Crippen LogP contribution >= 0.6 is 38.7 Å². The van der Waals surface area contributed by atoms with E-state index >= 15 is 0 Å². The van der Waals surface area contributed by atoms with E-state index in [1.165, 1.54) is 77.0 Å². The summed E-state index contributed by atoms with van der Waals surface area (Å²) in [6.07, 6.45) is 22.1. The molecule has 2 aliphatic rings. The molecule has 2 rings (SSSR count). The minimum absolute atomic E-state index is 0.190. The van der Waals surface area contributed by atoms with Gasteiger partial charge in [-0.1, -0.05) is 78.1 Å². The molecule has 0 heterocycles. The summed E-state index contributed by atoms with van der Waals surface area (Å²) in [5.41, 5.74) is 0. The SMILES string of the molecule is CCCCC1CCCC1.CCCCC1[CH][CH]CC1.[I][W][I]. The summed E-state index contributed by atoms with van der Waals surface area (Å²) >= 11 is 5.07. The third kappa shape index (κ3) is 15.4. The van der Waals surface area contributed by atoms with E-state index in [0.29, 0.717) is 0 Å². The van der Waals surface area contributed by atoms with Crippen molar-refractivity contribution in [3.05, 3.63) is 12.8 Å². The fourth-order valence-electron chi connectivity index (χ4n) is 3.19. The van der Waals surface area contributed by atoms with E-state index in [2.05, 4.69) is 65.4 Å². The molecule has 2 fully saturated rings. The van der Waals surface area contributed by atoms with Crippen molar-refractivity contribution in [2.24, 2.45) is 11.8 Å². The number of unbranched alkanes of at least 4 members (excludes halogenated alkanes) is 2. The molecule has 3 heteroatoms. The molecule has 0 aromatic carbocycles. The Labute approximate surface area is 164 Å². The molecule has 0 aromatic heterocycles. The molecule has 0 nitrogen and oxygen atoms in total. The van der Waals surface area contributed by atoms with Crippen LogP contribution in [0.15, 0.2) is 0 Å². The number of hydrogen-bond donors (Lipinski definition) is 0. The fraction of sp³-hybridized carbons (Fsp3) is 0.889. The first-order chi connectivity index (χ1) is 10.3. The molecule has 0 saturated heterocycles. The van der Waals surface area contributed by atoms with Crippen molar-refractivity contribution in [1.82, 2.24) is 0 Å². The van der Waals surface area contributed by atoms with E-state index in [4.69, 9.17) is 0 Å². The van der Waals surface area contributed by atoms with Gasteiger partial charge in [0.25, 0.3) is 0 Å². The molecule has 1 unspecified atom stereocenters. The van der Waals surface area contributed by atoms with Crippen molar-refractivity contribution < 1.29 is 11.2 Å². The van der Waals surface area contributed by atoms with Gasteiger partial charge in [0, 0.05) is 0 Å². The van der Waals surface area contributed by atoms with Gasteiger partial charge in [-0.15, -0.1) is 0 Å². The zero-order valence-electron chi connectivity index (χ0n) is 14.0. The normalized spacial score (nSPS) is 18.9. The van der Waals surface area contributed by atoms with Gasteiger partial charge in [-0.3, -0.25) is 0 Å². The summed E-state index contributed by atoms with van der Waals surface area (Å²) in [7, 11) is 0. The predicted molar refractivity (Wildman–Crippen MR) is 110 cm³/mol. The summed E-state index contributed by atoms with van der Waals surface area (Å²) in [5, 5.41) is 0. The molecule has 1 atom stereocenters. The van der Waals surface area contributed by atoms with Crippen molar-refractivity contribution in [3.8, 4) is 0 Å². The molecule has 0 spiro atoms. The van der Waals surface area contributed by atoms with Crippen molar-refractivity contribution in [1.29, 1.82) is 0 Å². The maximum absolute atomic E-state index is 2.44. The summed E-state index contributed by atoms with van der Waals surface area (Å²) in [4.78, 5) is 0. The van der Waals surface area contributed by atoms with Gasteiger partial charge in [-0.25, -0.2) is 0 Å². The number of halogens is 2. The van der Waals surface area contributed by atoms with Crippen molar-refractivity contribution in [2.45, 2.75) is 90.9 Å². The van der Waals surface area contributed by atoms with E-state index in [1.54, 1.807) is 0 Å². The van der Waals surface area contributed by atoms with E-state index in [1.807, 2.05) is 0 Å². The zero-order valence-corrected chi connectivity index (χ0v) is 21.2. The summed E-state index contributed by atoms with van der Waals surface area (Å²) in [5.74, 6) is 2.05. The van der Waals surface area contributed by atoms with E-state index in [9.17, 15) is 0 Å². The molecule has 0 N–H and O–H groups in total. The third-order valence-electron chi connectivity index (χ3n) is 4.48. The molecule has 0 aromatic rings.